The second-order valence-electron chi connectivity index (χ2n) is 4.16. The number of nitrogens with zero attached hydrogens (tertiary/aromatic N) is 1. The number of pyridine rings is 1. The van der Waals surface area contributed by atoms with Crippen LogP contribution >= 0.6 is 11.6 Å². The highest BCUT2D eigenvalue weighted by molar-refractivity contribution is 6.29. The molecule has 3 nitrogen and oxygen atoms in total. The fraction of sp³-hybridized carbons (Fsp3) is 0.214. The number of halogens is 3. The van der Waals surface area contributed by atoms with Crippen LogP contribution in [0.2, 0.25) is 5.15 Å². The van der Waals surface area contributed by atoms with Crippen LogP contribution < -0.4 is 10.1 Å². The number of hydrogen-bond donors (Lipinski definition) is 1. The van der Waals surface area contributed by atoms with Gasteiger partial charge in [-0.15, -0.1) is 0 Å². The van der Waals surface area contributed by atoms with Crippen molar-refractivity contribution in [2.24, 2.45) is 0 Å². The summed E-state index contributed by atoms with van der Waals surface area (Å²) in [5.41, 5.74) is 0.810. The lowest BCUT2D eigenvalue weighted by atomic mass is 10.1. The largest absolute Gasteiger partial charge is 0.435 e. The van der Waals surface area contributed by atoms with Crippen LogP contribution in [0.3, 0.4) is 0 Å². The molecule has 0 saturated carbocycles. The molecule has 6 heteroatoms. The monoisotopic (exact) mass is 298 g/mol. The average molecular weight is 299 g/mol. The molecule has 0 bridgehead atoms. The molecule has 0 aliphatic heterocycles. The van der Waals surface area contributed by atoms with Gasteiger partial charge in [0, 0.05) is 0 Å². The summed E-state index contributed by atoms with van der Waals surface area (Å²) in [7, 11) is 0. The van der Waals surface area contributed by atoms with E-state index in [2.05, 4.69) is 15.0 Å². The Morgan fingerprint density at radius 3 is 2.65 bits per heavy atom. The van der Waals surface area contributed by atoms with Crippen molar-refractivity contribution in [3.05, 3.63) is 53.2 Å². The molecule has 0 fully saturated rings. The van der Waals surface area contributed by atoms with E-state index in [1.807, 2.05) is 13.0 Å². The maximum Gasteiger partial charge on any atom is 0.387 e. The number of aromatic nitrogens is 1. The molecule has 0 aliphatic carbocycles. The Morgan fingerprint density at radius 1 is 1.20 bits per heavy atom. The van der Waals surface area contributed by atoms with E-state index in [1.54, 1.807) is 30.3 Å². The Morgan fingerprint density at radius 2 is 1.95 bits per heavy atom. The maximum atomic E-state index is 12.2. The zero-order valence-corrected chi connectivity index (χ0v) is 11.4. The number of hydrogen-bond acceptors (Lipinski definition) is 3. The molecule has 2 rings (SSSR count). The van der Waals surface area contributed by atoms with Crippen molar-refractivity contribution < 1.29 is 13.5 Å². The first-order valence-corrected chi connectivity index (χ1v) is 6.36. The van der Waals surface area contributed by atoms with Gasteiger partial charge in [-0.05, 0) is 36.8 Å². The van der Waals surface area contributed by atoms with E-state index in [1.165, 1.54) is 6.07 Å². The third kappa shape index (κ3) is 4.06. The number of rotatable bonds is 5. The Bertz CT molecular complexity index is 581. The van der Waals surface area contributed by atoms with Gasteiger partial charge in [-0.25, -0.2) is 4.98 Å². The molecule has 0 amide bonds. The van der Waals surface area contributed by atoms with Crippen LogP contribution in [0.25, 0.3) is 0 Å². The molecule has 1 aromatic carbocycles. The molecule has 0 spiro atoms. The van der Waals surface area contributed by atoms with Crippen molar-refractivity contribution in [3.63, 3.8) is 0 Å². The summed E-state index contributed by atoms with van der Waals surface area (Å²) in [6.07, 6.45) is 0. The highest BCUT2D eigenvalue weighted by Crippen LogP contribution is 2.23. The predicted octanol–water partition coefficient (Wildman–Crippen LogP) is 4.51. The van der Waals surface area contributed by atoms with Crippen LogP contribution in [0.4, 0.5) is 14.6 Å². The zero-order valence-electron chi connectivity index (χ0n) is 10.7. The van der Waals surface area contributed by atoms with Gasteiger partial charge in [-0.1, -0.05) is 29.8 Å². The highest BCUT2D eigenvalue weighted by Gasteiger charge is 2.09. The Labute approximate surface area is 120 Å². The molecule has 1 N–H and O–H groups in total. The molecule has 1 heterocycles. The fourth-order valence-electron chi connectivity index (χ4n) is 1.75. The molecule has 1 unspecified atom stereocenters. The fourth-order valence-corrected chi connectivity index (χ4v) is 1.92. The number of benzene rings is 1. The van der Waals surface area contributed by atoms with E-state index in [0.717, 1.165) is 5.56 Å². The van der Waals surface area contributed by atoms with Crippen molar-refractivity contribution in [1.82, 2.24) is 4.98 Å². The topological polar surface area (TPSA) is 34.2 Å². The Kier molecular flexibility index (Phi) is 4.74. The molecule has 0 aliphatic rings. The Hall–Kier alpha value is -1.88. The third-order valence-electron chi connectivity index (χ3n) is 2.66. The lowest BCUT2D eigenvalue weighted by molar-refractivity contribution is -0.0498. The van der Waals surface area contributed by atoms with E-state index in [9.17, 15) is 8.78 Å². The zero-order chi connectivity index (χ0) is 14.5. The van der Waals surface area contributed by atoms with E-state index >= 15 is 0 Å². The first-order chi connectivity index (χ1) is 9.54. The quantitative estimate of drug-likeness (QED) is 0.825. The second kappa shape index (κ2) is 6.52. The maximum absolute atomic E-state index is 12.2. The van der Waals surface area contributed by atoms with Crippen LogP contribution in [-0.2, 0) is 0 Å². The van der Waals surface area contributed by atoms with Crippen LogP contribution in [0.1, 0.15) is 18.5 Å². The van der Waals surface area contributed by atoms with E-state index in [-0.39, 0.29) is 11.8 Å². The summed E-state index contributed by atoms with van der Waals surface area (Å²) in [4.78, 5) is 4.11. The molecule has 1 atom stereocenters. The van der Waals surface area contributed by atoms with Crippen molar-refractivity contribution in [2.75, 3.05) is 5.32 Å². The molecule has 106 valence electrons. The van der Waals surface area contributed by atoms with Crippen LogP contribution in [0.5, 0.6) is 5.75 Å². The lowest BCUT2D eigenvalue weighted by Crippen LogP contribution is -2.08. The number of alkyl halides is 2. The van der Waals surface area contributed by atoms with Crippen molar-refractivity contribution >= 4 is 17.4 Å². The summed E-state index contributed by atoms with van der Waals surface area (Å²) in [6, 6.07) is 11.6. The molecule has 2 aromatic rings. The van der Waals surface area contributed by atoms with Gasteiger partial charge in [0.2, 0.25) is 0 Å². The second-order valence-corrected chi connectivity index (χ2v) is 4.55. The van der Waals surface area contributed by atoms with Gasteiger partial charge in [-0.2, -0.15) is 8.78 Å². The number of nitrogens with one attached hydrogen (secondary N) is 1. The third-order valence-corrected chi connectivity index (χ3v) is 2.87. The summed E-state index contributed by atoms with van der Waals surface area (Å²) in [5, 5.41) is 3.53. The molecule has 1 aromatic heterocycles. The van der Waals surface area contributed by atoms with Gasteiger partial charge in [0.05, 0.1) is 6.04 Å². The first kappa shape index (κ1) is 14.5. The summed E-state index contributed by atoms with van der Waals surface area (Å²) < 4.78 is 28.7. The highest BCUT2D eigenvalue weighted by atomic mass is 35.5. The van der Waals surface area contributed by atoms with Crippen LogP contribution in [-0.4, -0.2) is 11.6 Å². The van der Waals surface area contributed by atoms with Crippen molar-refractivity contribution in [2.45, 2.75) is 19.6 Å². The minimum atomic E-state index is -2.83. The molecule has 0 saturated heterocycles. The summed E-state index contributed by atoms with van der Waals surface area (Å²) in [6.45, 7) is -0.938. The average Bonchev–Trinajstić information content (AvgIpc) is 2.38. The van der Waals surface area contributed by atoms with Gasteiger partial charge in [0.1, 0.15) is 16.7 Å². The minimum absolute atomic E-state index is 0.123. The smallest absolute Gasteiger partial charge is 0.387 e. The van der Waals surface area contributed by atoms with E-state index < -0.39 is 6.61 Å². The lowest BCUT2D eigenvalue weighted by Gasteiger charge is -2.16. The summed E-state index contributed by atoms with van der Waals surface area (Å²) >= 11 is 5.80. The van der Waals surface area contributed by atoms with E-state index in [4.69, 9.17) is 11.6 Å². The minimum Gasteiger partial charge on any atom is -0.435 e. The van der Waals surface area contributed by atoms with Gasteiger partial charge in [-0.3, -0.25) is 0 Å². The van der Waals surface area contributed by atoms with Gasteiger partial charge < -0.3 is 10.1 Å². The molecule has 20 heavy (non-hydrogen) atoms. The van der Waals surface area contributed by atoms with Crippen LogP contribution in [0, 0.1) is 0 Å². The van der Waals surface area contributed by atoms with Crippen molar-refractivity contribution in [1.29, 1.82) is 0 Å². The number of anilines is 1. The standard InChI is InChI=1S/C14H13ClF2N2O/c1-9(18-13-7-3-6-12(15)19-13)10-4-2-5-11(8-10)20-14(16)17/h2-9,14H,1H3,(H,18,19). The normalized spacial score (nSPS) is 12.2. The number of ether oxygens (including phenoxy) is 1. The van der Waals surface area contributed by atoms with Gasteiger partial charge in [0.25, 0.3) is 0 Å². The predicted molar refractivity (Wildman–Crippen MR) is 74.4 cm³/mol. The molecular formula is C14H13ClF2N2O. The van der Waals surface area contributed by atoms with Gasteiger partial charge >= 0.3 is 6.61 Å². The van der Waals surface area contributed by atoms with Crippen LogP contribution in [0.15, 0.2) is 42.5 Å². The Balaban J connectivity index is 2.10. The summed E-state index contributed by atoms with van der Waals surface area (Å²) in [5.74, 6) is 0.746. The molecular weight excluding hydrogens is 286 g/mol. The first-order valence-electron chi connectivity index (χ1n) is 5.98. The SMILES string of the molecule is CC(Nc1cccc(Cl)n1)c1cccc(OC(F)F)c1. The molecule has 0 radical (unpaired) electrons. The van der Waals surface area contributed by atoms with Crippen molar-refractivity contribution in [3.8, 4) is 5.75 Å². The van der Waals surface area contributed by atoms with Gasteiger partial charge in [0.15, 0.2) is 0 Å². The van der Waals surface area contributed by atoms with E-state index in [0.29, 0.717) is 11.0 Å².